The van der Waals surface area contributed by atoms with Gasteiger partial charge >= 0.3 is 0 Å². The SMILES string of the molecule is CCN1CCN(C(=O)c2ccncc2)CC(Cc2cccc(-c3ccccc3)c2)C1=O. The van der Waals surface area contributed by atoms with Gasteiger partial charge < -0.3 is 9.80 Å². The van der Waals surface area contributed by atoms with Gasteiger partial charge in [-0.2, -0.15) is 0 Å². The van der Waals surface area contributed by atoms with Crippen LogP contribution in [0.4, 0.5) is 0 Å². The van der Waals surface area contributed by atoms with Gasteiger partial charge in [-0.1, -0.05) is 54.6 Å². The van der Waals surface area contributed by atoms with Crippen LogP contribution in [0, 0.1) is 5.92 Å². The van der Waals surface area contributed by atoms with E-state index in [1.807, 2.05) is 41.0 Å². The van der Waals surface area contributed by atoms with Crippen molar-refractivity contribution in [2.75, 3.05) is 26.2 Å². The second-order valence-electron chi connectivity index (χ2n) is 7.87. The molecule has 4 rings (SSSR count). The average Bonchev–Trinajstić information content (AvgIpc) is 2.98. The number of hydrogen-bond acceptors (Lipinski definition) is 3. The molecule has 2 amide bonds. The molecule has 0 N–H and O–H groups in total. The van der Waals surface area contributed by atoms with Crippen LogP contribution in [0.5, 0.6) is 0 Å². The number of amides is 2. The molecule has 2 aromatic carbocycles. The van der Waals surface area contributed by atoms with Crippen LogP contribution in [0.2, 0.25) is 0 Å². The molecule has 5 nitrogen and oxygen atoms in total. The highest BCUT2D eigenvalue weighted by atomic mass is 16.2. The molecule has 0 radical (unpaired) electrons. The molecule has 0 bridgehead atoms. The van der Waals surface area contributed by atoms with Gasteiger partial charge in [0.2, 0.25) is 5.91 Å². The summed E-state index contributed by atoms with van der Waals surface area (Å²) in [6.07, 6.45) is 3.86. The van der Waals surface area contributed by atoms with E-state index in [1.165, 1.54) is 0 Å². The quantitative estimate of drug-likeness (QED) is 0.637. The molecule has 1 atom stereocenters. The summed E-state index contributed by atoms with van der Waals surface area (Å²) in [6.45, 7) is 4.17. The van der Waals surface area contributed by atoms with Crippen molar-refractivity contribution in [3.63, 3.8) is 0 Å². The molecule has 0 saturated carbocycles. The highest BCUT2D eigenvalue weighted by Crippen LogP contribution is 2.23. The van der Waals surface area contributed by atoms with Crippen LogP contribution in [0.3, 0.4) is 0 Å². The van der Waals surface area contributed by atoms with Gasteiger partial charge in [0.25, 0.3) is 5.91 Å². The maximum Gasteiger partial charge on any atom is 0.254 e. The Morgan fingerprint density at radius 3 is 2.45 bits per heavy atom. The van der Waals surface area contributed by atoms with Gasteiger partial charge in [0.05, 0.1) is 5.92 Å². The molecule has 1 aliphatic rings. The van der Waals surface area contributed by atoms with Crippen molar-refractivity contribution in [2.24, 2.45) is 5.92 Å². The number of carbonyl (C=O) groups is 2. The van der Waals surface area contributed by atoms with Crippen LogP contribution >= 0.6 is 0 Å². The van der Waals surface area contributed by atoms with Gasteiger partial charge in [-0.15, -0.1) is 0 Å². The summed E-state index contributed by atoms with van der Waals surface area (Å²) in [5.41, 5.74) is 4.00. The van der Waals surface area contributed by atoms with Crippen molar-refractivity contribution < 1.29 is 9.59 Å². The first kappa shape index (κ1) is 20.8. The van der Waals surface area contributed by atoms with E-state index in [0.29, 0.717) is 38.2 Å². The van der Waals surface area contributed by atoms with Crippen molar-refractivity contribution in [1.29, 1.82) is 0 Å². The smallest absolute Gasteiger partial charge is 0.254 e. The summed E-state index contributed by atoms with van der Waals surface area (Å²) in [7, 11) is 0. The molecule has 1 aliphatic heterocycles. The molecule has 3 aromatic rings. The molecule has 5 heteroatoms. The van der Waals surface area contributed by atoms with Gasteiger partial charge in [0.15, 0.2) is 0 Å². The van der Waals surface area contributed by atoms with Crippen LogP contribution in [0.25, 0.3) is 11.1 Å². The zero-order chi connectivity index (χ0) is 21.6. The Morgan fingerprint density at radius 1 is 0.968 bits per heavy atom. The minimum Gasteiger partial charge on any atom is -0.341 e. The summed E-state index contributed by atoms with van der Waals surface area (Å²) in [5, 5.41) is 0. The number of nitrogens with zero attached hydrogens (tertiary/aromatic N) is 3. The van der Waals surface area contributed by atoms with Crippen molar-refractivity contribution in [3.05, 3.63) is 90.3 Å². The lowest BCUT2D eigenvalue weighted by atomic mass is 9.94. The third kappa shape index (κ3) is 4.82. The maximum absolute atomic E-state index is 13.2. The van der Waals surface area contributed by atoms with Gasteiger partial charge in [-0.3, -0.25) is 14.6 Å². The van der Waals surface area contributed by atoms with Gasteiger partial charge in [-0.25, -0.2) is 0 Å². The van der Waals surface area contributed by atoms with Crippen LogP contribution in [0.1, 0.15) is 22.8 Å². The largest absolute Gasteiger partial charge is 0.341 e. The predicted molar refractivity (Wildman–Crippen MR) is 121 cm³/mol. The molecule has 1 aromatic heterocycles. The number of rotatable bonds is 5. The zero-order valence-corrected chi connectivity index (χ0v) is 17.8. The van der Waals surface area contributed by atoms with E-state index < -0.39 is 0 Å². The normalized spacial score (nSPS) is 16.8. The van der Waals surface area contributed by atoms with Crippen LogP contribution < -0.4 is 0 Å². The lowest BCUT2D eigenvalue weighted by Gasteiger charge is -2.24. The lowest BCUT2D eigenvalue weighted by Crippen LogP contribution is -2.37. The van der Waals surface area contributed by atoms with Crippen molar-refractivity contribution in [3.8, 4) is 11.1 Å². The van der Waals surface area contributed by atoms with E-state index in [2.05, 4.69) is 35.3 Å². The summed E-state index contributed by atoms with van der Waals surface area (Å²) >= 11 is 0. The second-order valence-corrected chi connectivity index (χ2v) is 7.87. The minimum atomic E-state index is -0.265. The Morgan fingerprint density at radius 2 is 1.71 bits per heavy atom. The fourth-order valence-electron chi connectivity index (χ4n) is 4.17. The Bertz CT molecular complexity index is 1040. The Labute approximate surface area is 183 Å². The fraction of sp³-hybridized carbons (Fsp3) is 0.269. The molecule has 1 saturated heterocycles. The number of carbonyl (C=O) groups excluding carboxylic acids is 2. The van der Waals surface area contributed by atoms with Crippen LogP contribution in [0.15, 0.2) is 79.1 Å². The summed E-state index contributed by atoms with van der Waals surface area (Å²) in [6, 6.07) is 22.0. The van der Waals surface area contributed by atoms with E-state index in [0.717, 1.165) is 16.7 Å². The minimum absolute atomic E-state index is 0.0452. The average molecular weight is 414 g/mol. The van der Waals surface area contributed by atoms with Crippen LogP contribution in [-0.2, 0) is 11.2 Å². The first-order valence-electron chi connectivity index (χ1n) is 10.8. The van der Waals surface area contributed by atoms with E-state index in [1.54, 1.807) is 24.5 Å². The number of benzene rings is 2. The summed E-state index contributed by atoms with van der Waals surface area (Å²) in [5.74, 6) is -0.187. The standard InChI is InChI=1S/C26H27N3O2/c1-2-28-15-16-29(25(30)22-11-13-27-14-12-22)19-24(26(28)31)18-20-7-6-10-23(17-20)21-8-4-3-5-9-21/h3-14,17,24H,2,15-16,18-19H2,1H3. The van der Waals surface area contributed by atoms with Gasteiger partial charge in [-0.05, 0) is 42.2 Å². The Kier molecular flexibility index (Phi) is 6.41. The second kappa shape index (κ2) is 9.56. The third-order valence-electron chi connectivity index (χ3n) is 5.85. The molecule has 2 heterocycles. The monoisotopic (exact) mass is 413 g/mol. The first-order chi connectivity index (χ1) is 15.2. The summed E-state index contributed by atoms with van der Waals surface area (Å²) in [4.78, 5) is 34.0. The Hall–Kier alpha value is -3.47. The highest BCUT2D eigenvalue weighted by molar-refractivity contribution is 5.94. The van der Waals surface area contributed by atoms with Gasteiger partial charge in [0.1, 0.15) is 0 Å². The molecule has 1 unspecified atom stereocenters. The van der Waals surface area contributed by atoms with E-state index in [4.69, 9.17) is 0 Å². The zero-order valence-electron chi connectivity index (χ0n) is 17.8. The molecular weight excluding hydrogens is 386 g/mol. The third-order valence-corrected chi connectivity index (χ3v) is 5.85. The number of hydrogen-bond donors (Lipinski definition) is 0. The molecule has 31 heavy (non-hydrogen) atoms. The number of aromatic nitrogens is 1. The van der Waals surface area contributed by atoms with E-state index >= 15 is 0 Å². The van der Waals surface area contributed by atoms with Crippen molar-refractivity contribution in [2.45, 2.75) is 13.3 Å². The number of likely N-dealkylation sites (N-methyl/N-ethyl adjacent to an activating group) is 1. The molecule has 1 fully saturated rings. The van der Waals surface area contributed by atoms with Crippen molar-refractivity contribution in [1.82, 2.24) is 14.8 Å². The predicted octanol–water partition coefficient (Wildman–Crippen LogP) is 3.91. The summed E-state index contributed by atoms with van der Waals surface area (Å²) < 4.78 is 0. The highest BCUT2D eigenvalue weighted by Gasteiger charge is 2.32. The molecule has 0 spiro atoms. The van der Waals surface area contributed by atoms with Crippen LogP contribution in [-0.4, -0.2) is 52.8 Å². The Balaban J connectivity index is 1.57. The van der Waals surface area contributed by atoms with E-state index in [-0.39, 0.29) is 17.7 Å². The fourth-order valence-corrected chi connectivity index (χ4v) is 4.17. The molecule has 0 aliphatic carbocycles. The van der Waals surface area contributed by atoms with Crippen molar-refractivity contribution >= 4 is 11.8 Å². The topological polar surface area (TPSA) is 53.5 Å². The molecular formula is C26H27N3O2. The van der Waals surface area contributed by atoms with Gasteiger partial charge in [0, 0.05) is 44.1 Å². The van der Waals surface area contributed by atoms with E-state index in [9.17, 15) is 9.59 Å². The lowest BCUT2D eigenvalue weighted by molar-refractivity contribution is -0.134. The molecule has 158 valence electrons. The number of pyridine rings is 1. The first-order valence-corrected chi connectivity index (χ1v) is 10.8. The maximum atomic E-state index is 13.2.